The van der Waals surface area contributed by atoms with Crippen molar-refractivity contribution in [2.24, 2.45) is 5.18 Å². The first-order valence-corrected chi connectivity index (χ1v) is 7.26. The zero-order chi connectivity index (χ0) is 16.6. The first kappa shape index (κ1) is 15.8. The molecule has 0 saturated heterocycles. The van der Waals surface area contributed by atoms with Crippen LogP contribution in [0.25, 0.3) is 0 Å². The first-order valence-electron chi connectivity index (χ1n) is 6.88. The van der Waals surface area contributed by atoms with Gasteiger partial charge in [0.25, 0.3) is 0 Å². The summed E-state index contributed by atoms with van der Waals surface area (Å²) in [6.45, 7) is 0. The third-order valence-corrected chi connectivity index (χ3v) is 4.07. The molecule has 23 heavy (non-hydrogen) atoms. The van der Waals surface area contributed by atoms with Gasteiger partial charge in [0.1, 0.15) is 17.5 Å². The van der Waals surface area contributed by atoms with Crippen molar-refractivity contribution in [1.82, 2.24) is 0 Å². The lowest BCUT2D eigenvalue weighted by atomic mass is 10.1. The van der Waals surface area contributed by atoms with E-state index in [-0.39, 0.29) is 16.8 Å². The molecule has 3 rings (SSSR count). The second-order valence-corrected chi connectivity index (χ2v) is 5.67. The minimum Gasteiger partial charge on any atom is -0.456 e. The van der Waals surface area contributed by atoms with Crippen LogP contribution in [0.4, 0.5) is 13.2 Å². The fourth-order valence-corrected chi connectivity index (χ4v) is 2.85. The fourth-order valence-electron chi connectivity index (χ4n) is 2.63. The van der Waals surface area contributed by atoms with Crippen molar-refractivity contribution in [2.75, 3.05) is 0 Å². The summed E-state index contributed by atoms with van der Waals surface area (Å²) in [5.41, 5.74) is 0.990. The van der Waals surface area contributed by atoms with E-state index in [1.807, 2.05) is 0 Å². The lowest BCUT2D eigenvalue weighted by Crippen LogP contribution is -2.04. The van der Waals surface area contributed by atoms with Crippen molar-refractivity contribution < 1.29 is 17.9 Å². The van der Waals surface area contributed by atoms with E-state index in [4.69, 9.17) is 16.3 Å². The zero-order valence-corrected chi connectivity index (χ0v) is 12.5. The predicted octanol–water partition coefficient (Wildman–Crippen LogP) is 5.90. The van der Waals surface area contributed by atoms with Gasteiger partial charge in [0.05, 0.1) is 10.6 Å². The molecule has 0 fully saturated rings. The molecule has 0 amide bonds. The molecule has 0 radical (unpaired) electrons. The summed E-state index contributed by atoms with van der Waals surface area (Å²) in [7, 11) is 0. The van der Waals surface area contributed by atoms with Gasteiger partial charge in [-0.05, 0) is 54.3 Å². The van der Waals surface area contributed by atoms with Crippen LogP contribution in [0.15, 0.2) is 41.6 Å². The molecule has 2 aromatic carbocycles. The Morgan fingerprint density at radius 2 is 1.96 bits per heavy atom. The highest BCUT2D eigenvalue weighted by Crippen LogP contribution is 2.39. The number of fused-ring (bicyclic) bond motifs is 1. The monoisotopic (exact) mass is 341 g/mol. The average molecular weight is 342 g/mol. The quantitative estimate of drug-likeness (QED) is 0.651. The molecule has 0 bridgehead atoms. The number of hydrogen-bond acceptors (Lipinski definition) is 3. The SMILES string of the molecule is O=NC1CCc2cc(Oc3ccc(C(F)(F)F)cc3Cl)ccc21. The van der Waals surface area contributed by atoms with Crippen LogP contribution in [0.1, 0.15) is 29.2 Å². The van der Waals surface area contributed by atoms with Gasteiger partial charge in [-0.15, -0.1) is 0 Å². The van der Waals surface area contributed by atoms with Crippen LogP contribution in [0, 0.1) is 4.91 Å². The van der Waals surface area contributed by atoms with E-state index in [0.717, 1.165) is 23.3 Å². The van der Waals surface area contributed by atoms with Crippen LogP contribution in [0.5, 0.6) is 11.5 Å². The second-order valence-electron chi connectivity index (χ2n) is 5.27. The largest absolute Gasteiger partial charge is 0.456 e. The molecule has 0 spiro atoms. The summed E-state index contributed by atoms with van der Waals surface area (Å²) in [4.78, 5) is 10.7. The number of ether oxygens (including phenoxy) is 1. The van der Waals surface area contributed by atoms with Crippen LogP contribution in [-0.2, 0) is 12.6 Å². The lowest BCUT2D eigenvalue weighted by molar-refractivity contribution is -0.137. The van der Waals surface area contributed by atoms with Gasteiger partial charge in [0.2, 0.25) is 0 Å². The Morgan fingerprint density at radius 1 is 1.17 bits per heavy atom. The molecule has 7 heteroatoms. The smallest absolute Gasteiger partial charge is 0.416 e. The van der Waals surface area contributed by atoms with E-state index >= 15 is 0 Å². The van der Waals surface area contributed by atoms with Crippen LogP contribution in [0.2, 0.25) is 5.02 Å². The zero-order valence-electron chi connectivity index (χ0n) is 11.7. The summed E-state index contributed by atoms with van der Waals surface area (Å²) in [6.07, 6.45) is -3.08. The van der Waals surface area contributed by atoms with Crippen molar-refractivity contribution in [3.05, 3.63) is 63.0 Å². The minimum absolute atomic E-state index is 0.118. The molecular weight excluding hydrogens is 331 g/mol. The molecular formula is C16H11ClF3NO2. The molecule has 1 atom stereocenters. The number of hydrogen-bond donors (Lipinski definition) is 0. The van der Waals surface area contributed by atoms with Gasteiger partial charge in [0.15, 0.2) is 0 Å². The number of alkyl halides is 3. The van der Waals surface area contributed by atoms with Gasteiger partial charge in [-0.25, -0.2) is 0 Å². The second kappa shape index (κ2) is 5.85. The Bertz CT molecular complexity index is 761. The van der Waals surface area contributed by atoms with Gasteiger partial charge in [-0.3, -0.25) is 0 Å². The Kier molecular flexibility index (Phi) is 4.02. The molecule has 1 aliphatic carbocycles. The van der Waals surface area contributed by atoms with Crippen molar-refractivity contribution in [3.63, 3.8) is 0 Å². The summed E-state index contributed by atoms with van der Waals surface area (Å²) >= 11 is 5.87. The van der Waals surface area contributed by atoms with Crippen LogP contribution in [0.3, 0.4) is 0 Å². The molecule has 2 aromatic rings. The highest BCUT2D eigenvalue weighted by Gasteiger charge is 2.31. The van der Waals surface area contributed by atoms with Crippen molar-refractivity contribution in [2.45, 2.75) is 25.1 Å². The van der Waals surface area contributed by atoms with E-state index in [1.165, 1.54) is 6.07 Å². The molecule has 0 saturated carbocycles. The van der Waals surface area contributed by atoms with Crippen molar-refractivity contribution in [3.8, 4) is 11.5 Å². The Balaban J connectivity index is 1.84. The first-order chi connectivity index (χ1) is 10.9. The topological polar surface area (TPSA) is 38.7 Å². The Hall–Kier alpha value is -2.08. The molecule has 120 valence electrons. The maximum absolute atomic E-state index is 12.6. The van der Waals surface area contributed by atoms with Gasteiger partial charge >= 0.3 is 6.18 Å². The molecule has 0 heterocycles. The molecule has 0 aromatic heterocycles. The van der Waals surface area contributed by atoms with Gasteiger partial charge in [-0.1, -0.05) is 22.8 Å². The Labute approximate surface area is 135 Å². The van der Waals surface area contributed by atoms with Gasteiger partial charge in [0, 0.05) is 0 Å². The van der Waals surface area contributed by atoms with E-state index in [9.17, 15) is 18.1 Å². The van der Waals surface area contributed by atoms with E-state index < -0.39 is 11.7 Å². The standard InChI is InChI=1S/C16H11ClF3NO2/c17-13-8-10(16(18,19)20)2-6-15(13)23-11-3-4-12-9(7-11)1-5-14(12)21-22/h2-4,6-8,14H,1,5H2. The third-order valence-electron chi connectivity index (χ3n) is 3.77. The number of halogens is 4. The van der Waals surface area contributed by atoms with Crippen LogP contribution >= 0.6 is 11.6 Å². The highest BCUT2D eigenvalue weighted by atomic mass is 35.5. The summed E-state index contributed by atoms with van der Waals surface area (Å²) < 4.78 is 43.4. The summed E-state index contributed by atoms with van der Waals surface area (Å²) in [5.74, 6) is 0.597. The van der Waals surface area contributed by atoms with Crippen LogP contribution < -0.4 is 4.74 Å². The average Bonchev–Trinajstić information content (AvgIpc) is 2.90. The fraction of sp³-hybridized carbons (Fsp3) is 0.250. The highest BCUT2D eigenvalue weighted by molar-refractivity contribution is 6.32. The van der Waals surface area contributed by atoms with Gasteiger partial charge in [-0.2, -0.15) is 18.1 Å². The molecule has 1 aliphatic rings. The maximum Gasteiger partial charge on any atom is 0.416 e. The molecule has 0 N–H and O–H groups in total. The number of nitrogens with zero attached hydrogens (tertiary/aromatic N) is 1. The molecule has 3 nitrogen and oxygen atoms in total. The number of aryl methyl sites for hydroxylation is 1. The molecule has 1 unspecified atom stereocenters. The van der Waals surface area contributed by atoms with Gasteiger partial charge < -0.3 is 4.74 Å². The summed E-state index contributed by atoms with van der Waals surface area (Å²) in [6, 6.07) is 7.76. The van der Waals surface area contributed by atoms with Crippen LogP contribution in [-0.4, -0.2) is 0 Å². The Morgan fingerprint density at radius 3 is 2.61 bits per heavy atom. The number of nitroso groups, excluding NO2 is 1. The predicted molar refractivity (Wildman–Crippen MR) is 79.8 cm³/mol. The maximum atomic E-state index is 12.6. The van der Waals surface area contributed by atoms with E-state index in [2.05, 4.69) is 5.18 Å². The molecule has 0 aliphatic heterocycles. The van der Waals surface area contributed by atoms with E-state index in [0.29, 0.717) is 18.6 Å². The number of rotatable bonds is 3. The van der Waals surface area contributed by atoms with Crippen molar-refractivity contribution in [1.29, 1.82) is 0 Å². The van der Waals surface area contributed by atoms with Crippen molar-refractivity contribution >= 4 is 11.6 Å². The van der Waals surface area contributed by atoms with E-state index in [1.54, 1.807) is 18.2 Å². The number of benzene rings is 2. The minimum atomic E-state index is -4.45. The normalized spacial score (nSPS) is 17.0. The third kappa shape index (κ3) is 3.17. The lowest BCUT2D eigenvalue weighted by Gasteiger charge is -2.12. The summed E-state index contributed by atoms with van der Waals surface area (Å²) in [5, 5.41) is 2.95.